The van der Waals surface area contributed by atoms with E-state index in [0.29, 0.717) is 0 Å². The molecule has 1 unspecified atom stereocenters. The second-order valence-corrected chi connectivity index (χ2v) is 7.50. The van der Waals surface area contributed by atoms with Crippen molar-refractivity contribution in [2.24, 2.45) is 17.8 Å². The van der Waals surface area contributed by atoms with Crippen molar-refractivity contribution in [3.63, 3.8) is 0 Å². The van der Waals surface area contributed by atoms with Crippen LogP contribution >= 0.6 is 0 Å². The van der Waals surface area contributed by atoms with Crippen molar-refractivity contribution in [2.45, 2.75) is 97.5 Å². The van der Waals surface area contributed by atoms with Gasteiger partial charge in [-0.15, -0.1) is 0 Å². The van der Waals surface area contributed by atoms with Crippen LogP contribution in [0.25, 0.3) is 0 Å². The van der Waals surface area contributed by atoms with Crippen molar-refractivity contribution in [2.75, 3.05) is 0 Å². The van der Waals surface area contributed by atoms with Crippen molar-refractivity contribution >= 4 is 0 Å². The first-order valence-electron chi connectivity index (χ1n) is 9.41. The summed E-state index contributed by atoms with van der Waals surface area (Å²) in [7, 11) is 0. The van der Waals surface area contributed by atoms with Gasteiger partial charge < -0.3 is 5.11 Å². The van der Waals surface area contributed by atoms with Crippen LogP contribution in [0.1, 0.15) is 91.4 Å². The van der Waals surface area contributed by atoms with Crippen LogP contribution in [0, 0.1) is 17.8 Å². The molecule has 0 aromatic carbocycles. The van der Waals surface area contributed by atoms with E-state index in [0.717, 1.165) is 24.2 Å². The Morgan fingerprint density at radius 1 is 0.952 bits per heavy atom. The first-order valence-corrected chi connectivity index (χ1v) is 9.41. The van der Waals surface area contributed by atoms with Crippen LogP contribution in [0.4, 0.5) is 0 Å². The van der Waals surface area contributed by atoms with Gasteiger partial charge in [-0.25, -0.2) is 0 Å². The molecule has 0 bridgehead atoms. The molecule has 0 aromatic heterocycles. The van der Waals surface area contributed by atoms with Gasteiger partial charge >= 0.3 is 0 Å². The number of aliphatic hydroxyl groups excluding tert-OH is 1. The highest BCUT2D eigenvalue weighted by Gasteiger charge is 2.21. The molecular weight excluding hydrogens is 256 g/mol. The second-order valence-electron chi connectivity index (χ2n) is 7.50. The molecule has 1 N–H and O–H groups in total. The highest BCUT2D eigenvalue weighted by atomic mass is 16.3. The van der Waals surface area contributed by atoms with Crippen LogP contribution in [0.15, 0.2) is 12.2 Å². The lowest BCUT2D eigenvalue weighted by molar-refractivity contribution is 0.160. The number of hydrogen-bond donors (Lipinski definition) is 1. The Labute approximate surface area is 133 Å². The Morgan fingerprint density at radius 3 is 2.14 bits per heavy atom. The Kier molecular flexibility index (Phi) is 10.1. The Hall–Kier alpha value is -0.300. The smallest absolute Gasteiger partial charge is 0.0512 e. The van der Waals surface area contributed by atoms with E-state index in [9.17, 15) is 5.11 Å². The minimum absolute atomic E-state index is 0.105. The SMILES string of the molecule is C/C=C\CC[C@@H](C)CCCC1CCC(CCC(C)O)CC1. The lowest BCUT2D eigenvalue weighted by Crippen LogP contribution is -2.16. The minimum atomic E-state index is -0.105. The fourth-order valence-electron chi connectivity index (χ4n) is 3.73. The molecule has 21 heavy (non-hydrogen) atoms. The average molecular weight is 295 g/mol. The van der Waals surface area contributed by atoms with Crippen molar-refractivity contribution in [1.82, 2.24) is 0 Å². The van der Waals surface area contributed by atoms with Gasteiger partial charge in [-0.2, -0.15) is 0 Å². The standard InChI is InChI=1S/C20H38O/c1-4-5-6-8-17(2)9-7-10-19-13-15-20(16-14-19)12-11-18(3)21/h4-5,17-21H,6-16H2,1-3H3/b5-4-/t17-,18?,19?,20?/m1/s1. The number of rotatable bonds is 10. The average Bonchev–Trinajstić information content (AvgIpc) is 2.46. The van der Waals surface area contributed by atoms with Crippen LogP contribution in [0.3, 0.4) is 0 Å². The molecule has 1 nitrogen and oxygen atoms in total. The zero-order valence-electron chi connectivity index (χ0n) is 14.7. The molecule has 0 amide bonds. The highest BCUT2D eigenvalue weighted by Crippen LogP contribution is 2.34. The molecule has 1 fully saturated rings. The third kappa shape index (κ3) is 9.34. The first kappa shape index (κ1) is 18.7. The monoisotopic (exact) mass is 294 g/mol. The second kappa shape index (κ2) is 11.3. The van der Waals surface area contributed by atoms with Gasteiger partial charge in [-0.05, 0) is 57.3 Å². The van der Waals surface area contributed by atoms with Gasteiger partial charge in [0.2, 0.25) is 0 Å². The summed E-state index contributed by atoms with van der Waals surface area (Å²) in [6, 6.07) is 0. The van der Waals surface area contributed by atoms with E-state index in [2.05, 4.69) is 26.0 Å². The van der Waals surface area contributed by atoms with Gasteiger partial charge in [0, 0.05) is 0 Å². The van der Waals surface area contributed by atoms with E-state index in [1.807, 2.05) is 6.92 Å². The lowest BCUT2D eigenvalue weighted by atomic mass is 9.77. The third-order valence-electron chi connectivity index (χ3n) is 5.33. The molecule has 0 radical (unpaired) electrons. The zero-order valence-corrected chi connectivity index (χ0v) is 14.7. The molecule has 0 spiro atoms. The Morgan fingerprint density at radius 2 is 1.57 bits per heavy atom. The molecule has 0 saturated heterocycles. The summed E-state index contributed by atoms with van der Waals surface area (Å²) < 4.78 is 0. The molecule has 1 aliphatic carbocycles. The van der Waals surface area contributed by atoms with Crippen molar-refractivity contribution < 1.29 is 5.11 Å². The van der Waals surface area contributed by atoms with Gasteiger partial charge in [0.25, 0.3) is 0 Å². The van der Waals surface area contributed by atoms with E-state index < -0.39 is 0 Å². The van der Waals surface area contributed by atoms with Gasteiger partial charge in [0.1, 0.15) is 0 Å². The Balaban J connectivity index is 2.02. The largest absolute Gasteiger partial charge is 0.393 e. The summed E-state index contributed by atoms with van der Waals surface area (Å²) >= 11 is 0. The predicted molar refractivity (Wildman–Crippen MR) is 93.4 cm³/mol. The van der Waals surface area contributed by atoms with Gasteiger partial charge in [-0.1, -0.05) is 64.0 Å². The highest BCUT2D eigenvalue weighted by molar-refractivity contribution is 4.77. The van der Waals surface area contributed by atoms with Crippen molar-refractivity contribution in [1.29, 1.82) is 0 Å². The number of allylic oxidation sites excluding steroid dienone is 2. The Bertz CT molecular complexity index is 261. The summed E-state index contributed by atoms with van der Waals surface area (Å²) in [5.41, 5.74) is 0. The molecule has 2 atom stereocenters. The fraction of sp³-hybridized carbons (Fsp3) is 0.900. The van der Waals surface area contributed by atoms with E-state index in [1.165, 1.54) is 64.2 Å². The van der Waals surface area contributed by atoms with E-state index in [1.54, 1.807) is 0 Å². The lowest BCUT2D eigenvalue weighted by Gasteiger charge is -2.29. The first-order chi connectivity index (χ1) is 10.1. The summed E-state index contributed by atoms with van der Waals surface area (Å²) in [4.78, 5) is 0. The quantitative estimate of drug-likeness (QED) is 0.481. The zero-order chi connectivity index (χ0) is 15.5. The number of hydrogen-bond acceptors (Lipinski definition) is 1. The summed E-state index contributed by atoms with van der Waals surface area (Å²) in [6.07, 6.45) is 19.2. The van der Waals surface area contributed by atoms with Crippen LogP contribution in [0.5, 0.6) is 0 Å². The molecular formula is C20H38O. The molecule has 0 aliphatic heterocycles. The van der Waals surface area contributed by atoms with Crippen molar-refractivity contribution in [3.8, 4) is 0 Å². The molecule has 0 aromatic rings. The van der Waals surface area contributed by atoms with Gasteiger partial charge in [0.05, 0.1) is 6.10 Å². The molecule has 0 heterocycles. The normalized spacial score (nSPS) is 26.1. The summed E-state index contributed by atoms with van der Waals surface area (Å²) in [6.45, 7) is 6.45. The fourth-order valence-corrected chi connectivity index (χ4v) is 3.73. The maximum absolute atomic E-state index is 9.38. The summed E-state index contributed by atoms with van der Waals surface area (Å²) in [5.74, 6) is 2.79. The van der Waals surface area contributed by atoms with Crippen LogP contribution in [-0.2, 0) is 0 Å². The molecule has 1 heteroatoms. The maximum atomic E-state index is 9.38. The minimum Gasteiger partial charge on any atom is -0.393 e. The molecule has 124 valence electrons. The molecule has 1 saturated carbocycles. The van der Waals surface area contributed by atoms with E-state index in [-0.39, 0.29) is 6.10 Å². The molecule has 1 rings (SSSR count). The van der Waals surface area contributed by atoms with Gasteiger partial charge in [0.15, 0.2) is 0 Å². The number of aliphatic hydroxyl groups is 1. The van der Waals surface area contributed by atoms with Crippen LogP contribution in [0.2, 0.25) is 0 Å². The van der Waals surface area contributed by atoms with E-state index >= 15 is 0 Å². The van der Waals surface area contributed by atoms with Gasteiger partial charge in [-0.3, -0.25) is 0 Å². The topological polar surface area (TPSA) is 20.2 Å². The maximum Gasteiger partial charge on any atom is 0.0512 e. The van der Waals surface area contributed by atoms with E-state index in [4.69, 9.17) is 0 Å². The van der Waals surface area contributed by atoms with Crippen molar-refractivity contribution in [3.05, 3.63) is 12.2 Å². The van der Waals surface area contributed by atoms with Crippen LogP contribution in [-0.4, -0.2) is 11.2 Å². The third-order valence-corrected chi connectivity index (χ3v) is 5.33. The predicted octanol–water partition coefficient (Wildman–Crippen LogP) is 6.12. The summed E-state index contributed by atoms with van der Waals surface area (Å²) in [5, 5.41) is 9.38. The molecule has 1 aliphatic rings. The van der Waals surface area contributed by atoms with Crippen LogP contribution < -0.4 is 0 Å².